The van der Waals surface area contributed by atoms with Crippen LogP contribution in [0.25, 0.3) is 0 Å². The summed E-state index contributed by atoms with van der Waals surface area (Å²) in [5.41, 5.74) is 0.881. The van der Waals surface area contributed by atoms with Gasteiger partial charge in [-0.25, -0.2) is 0 Å². The van der Waals surface area contributed by atoms with Crippen molar-refractivity contribution >= 4 is 27.5 Å². The summed E-state index contributed by atoms with van der Waals surface area (Å²) in [6.07, 6.45) is 1.73. The normalized spacial score (nSPS) is 19.9. The van der Waals surface area contributed by atoms with Crippen molar-refractivity contribution in [1.82, 2.24) is 0 Å². The number of carbonyl (C=O) groups is 1. The summed E-state index contributed by atoms with van der Waals surface area (Å²) in [6.45, 7) is 0. The third-order valence-electron chi connectivity index (χ3n) is 2.76. The van der Waals surface area contributed by atoms with Gasteiger partial charge >= 0.3 is 0 Å². The first-order chi connectivity index (χ1) is 7.72. The van der Waals surface area contributed by atoms with E-state index in [1.165, 1.54) is 0 Å². The van der Waals surface area contributed by atoms with Gasteiger partial charge in [-0.15, -0.1) is 0 Å². The minimum atomic E-state index is 0.0404. The first-order valence-electron chi connectivity index (χ1n) is 5.17. The van der Waals surface area contributed by atoms with Crippen LogP contribution in [0.15, 0.2) is 28.7 Å². The number of hydrogen-bond acceptors (Lipinski definition) is 2. The number of nitrogens with zero attached hydrogens (tertiary/aromatic N) is 2. The Morgan fingerprint density at radius 2 is 2.12 bits per heavy atom. The summed E-state index contributed by atoms with van der Waals surface area (Å²) in [4.78, 5) is 13.5. The first-order valence-corrected chi connectivity index (χ1v) is 5.96. The van der Waals surface area contributed by atoms with Crippen molar-refractivity contribution in [3.8, 4) is 6.07 Å². The molecule has 82 valence electrons. The van der Waals surface area contributed by atoms with E-state index < -0.39 is 0 Å². The zero-order chi connectivity index (χ0) is 11.5. The molecule has 1 heterocycles. The molecule has 1 aliphatic rings. The largest absolute Gasteiger partial charge is 0.308 e. The molecule has 0 N–H and O–H groups in total. The number of carbonyl (C=O) groups excluding carboxylic acids is 1. The molecular weight excluding hydrogens is 268 g/mol. The maximum atomic E-state index is 11.7. The lowest BCUT2D eigenvalue weighted by Crippen LogP contribution is -2.32. The Hall–Kier alpha value is -1.34. The van der Waals surface area contributed by atoms with Gasteiger partial charge in [0.25, 0.3) is 0 Å². The Morgan fingerprint density at radius 1 is 1.44 bits per heavy atom. The number of rotatable bonds is 2. The summed E-state index contributed by atoms with van der Waals surface area (Å²) < 4.78 is 0.986. The van der Waals surface area contributed by atoms with Crippen molar-refractivity contribution in [3.63, 3.8) is 0 Å². The minimum absolute atomic E-state index is 0.0404. The van der Waals surface area contributed by atoms with Crippen LogP contribution in [0, 0.1) is 11.3 Å². The molecule has 0 spiro atoms. The lowest BCUT2D eigenvalue weighted by atomic mass is 10.1. The molecule has 0 aliphatic carbocycles. The Labute approximate surface area is 103 Å². The molecule has 1 aromatic rings. The van der Waals surface area contributed by atoms with E-state index in [0.29, 0.717) is 12.8 Å². The molecule has 0 radical (unpaired) electrons. The number of anilines is 1. The molecule has 1 saturated heterocycles. The van der Waals surface area contributed by atoms with Crippen LogP contribution in [0.2, 0.25) is 0 Å². The molecule has 1 aromatic carbocycles. The Kier molecular flexibility index (Phi) is 3.25. The SMILES string of the molecule is N#CCC1CCC(=O)N1c1ccc(Br)cc1. The number of amides is 1. The van der Waals surface area contributed by atoms with E-state index in [2.05, 4.69) is 22.0 Å². The van der Waals surface area contributed by atoms with E-state index in [-0.39, 0.29) is 11.9 Å². The molecule has 0 bridgehead atoms. The fraction of sp³-hybridized carbons (Fsp3) is 0.333. The molecule has 2 rings (SSSR count). The van der Waals surface area contributed by atoms with Crippen molar-refractivity contribution in [2.45, 2.75) is 25.3 Å². The maximum absolute atomic E-state index is 11.7. The molecule has 1 amide bonds. The number of nitriles is 1. The quantitative estimate of drug-likeness (QED) is 0.835. The van der Waals surface area contributed by atoms with Gasteiger partial charge in [-0.3, -0.25) is 4.79 Å². The summed E-state index contributed by atoms with van der Waals surface area (Å²) in [5, 5.41) is 8.73. The van der Waals surface area contributed by atoms with Crippen LogP contribution in [-0.2, 0) is 4.79 Å². The van der Waals surface area contributed by atoms with Crippen LogP contribution < -0.4 is 4.90 Å². The summed E-state index contributed by atoms with van der Waals surface area (Å²) >= 11 is 3.36. The van der Waals surface area contributed by atoms with Crippen molar-refractivity contribution in [1.29, 1.82) is 5.26 Å². The van der Waals surface area contributed by atoms with Gasteiger partial charge < -0.3 is 4.90 Å². The van der Waals surface area contributed by atoms with Gasteiger partial charge in [0.1, 0.15) is 0 Å². The predicted octanol–water partition coefficient (Wildman–Crippen LogP) is 2.86. The van der Waals surface area contributed by atoms with Crippen molar-refractivity contribution in [2.75, 3.05) is 4.90 Å². The van der Waals surface area contributed by atoms with Crippen molar-refractivity contribution < 1.29 is 4.79 Å². The standard InChI is InChI=1S/C12H11BrN2O/c13-9-1-3-10(4-2-9)15-11(7-8-14)5-6-12(15)16/h1-4,11H,5-7H2. The third kappa shape index (κ3) is 2.10. The van der Waals surface area contributed by atoms with E-state index in [9.17, 15) is 4.79 Å². The Morgan fingerprint density at radius 3 is 2.75 bits per heavy atom. The zero-order valence-electron chi connectivity index (χ0n) is 8.69. The molecule has 3 nitrogen and oxygen atoms in total. The number of benzene rings is 1. The molecular formula is C12H11BrN2O. The zero-order valence-corrected chi connectivity index (χ0v) is 10.3. The van der Waals surface area contributed by atoms with Gasteiger partial charge in [-0.1, -0.05) is 15.9 Å². The van der Waals surface area contributed by atoms with Crippen molar-refractivity contribution in [3.05, 3.63) is 28.7 Å². The van der Waals surface area contributed by atoms with Crippen LogP contribution in [0.1, 0.15) is 19.3 Å². The van der Waals surface area contributed by atoms with E-state index in [1.807, 2.05) is 24.3 Å². The van der Waals surface area contributed by atoms with Gasteiger partial charge in [0.05, 0.1) is 18.5 Å². The highest BCUT2D eigenvalue weighted by atomic mass is 79.9. The minimum Gasteiger partial charge on any atom is -0.308 e. The molecule has 1 atom stereocenters. The van der Waals surface area contributed by atoms with Gasteiger partial charge in [0, 0.05) is 16.6 Å². The maximum Gasteiger partial charge on any atom is 0.227 e. The topological polar surface area (TPSA) is 44.1 Å². The Bertz CT molecular complexity index is 435. The highest BCUT2D eigenvalue weighted by molar-refractivity contribution is 9.10. The molecule has 16 heavy (non-hydrogen) atoms. The second-order valence-corrected chi connectivity index (χ2v) is 4.71. The highest BCUT2D eigenvalue weighted by Gasteiger charge is 2.31. The molecule has 1 fully saturated rings. The summed E-state index contributed by atoms with van der Waals surface area (Å²) in [6, 6.07) is 9.79. The summed E-state index contributed by atoms with van der Waals surface area (Å²) in [5.74, 6) is 0.113. The fourth-order valence-corrected chi connectivity index (χ4v) is 2.26. The van der Waals surface area contributed by atoms with E-state index >= 15 is 0 Å². The van der Waals surface area contributed by atoms with Crippen LogP contribution in [0.3, 0.4) is 0 Å². The Balaban J connectivity index is 2.27. The number of hydrogen-bond donors (Lipinski definition) is 0. The molecule has 1 unspecified atom stereocenters. The second-order valence-electron chi connectivity index (χ2n) is 3.79. The second kappa shape index (κ2) is 4.67. The predicted molar refractivity (Wildman–Crippen MR) is 64.9 cm³/mol. The first kappa shape index (κ1) is 11.2. The average molecular weight is 279 g/mol. The summed E-state index contributed by atoms with van der Waals surface area (Å²) in [7, 11) is 0. The van der Waals surface area contributed by atoms with Crippen LogP contribution in [-0.4, -0.2) is 11.9 Å². The molecule has 4 heteroatoms. The van der Waals surface area contributed by atoms with Crippen LogP contribution >= 0.6 is 15.9 Å². The fourth-order valence-electron chi connectivity index (χ4n) is 2.00. The van der Waals surface area contributed by atoms with Gasteiger partial charge in [0.2, 0.25) is 5.91 Å². The average Bonchev–Trinajstić information content (AvgIpc) is 2.62. The molecule has 0 saturated carbocycles. The van der Waals surface area contributed by atoms with Crippen LogP contribution in [0.5, 0.6) is 0 Å². The third-order valence-corrected chi connectivity index (χ3v) is 3.29. The van der Waals surface area contributed by atoms with E-state index in [1.54, 1.807) is 4.90 Å². The monoisotopic (exact) mass is 278 g/mol. The smallest absolute Gasteiger partial charge is 0.227 e. The van der Waals surface area contributed by atoms with E-state index in [0.717, 1.165) is 16.6 Å². The molecule has 0 aromatic heterocycles. The van der Waals surface area contributed by atoms with Crippen LogP contribution in [0.4, 0.5) is 5.69 Å². The lowest BCUT2D eigenvalue weighted by molar-refractivity contribution is -0.117. The van der Waals surface area contributed by atoms with Gasteiger partial charge in [-0.2, -0.15) is 5.26 Å². The van der Waals surface area contributed by atoms with Crippen molar-refractivity contribution in [2.24, 2.45) is 0 Å². The van der Waals surface area contributed by atoms with Gasteiger partial charge in [0.15, 0.2) is 0 Å². The van der Waals surface area contributed by atoms with E-state index in [4.69, 9.17) is 5.26 Å². The number of halogens is 1. The van der Waals surface area contributed by atoms with Gasteiger partial charge in [-0.05, 0) is 30.7 Å². The lowest BCUT2D eigenvalue weighted by Gasteiger charge is -2.23. The highest BCUT2D eigenvalue weighted by Crippen LogP contribution is 2.29. The molecule has 1 aliphatic heterocycles.